The second-order valence-corrected chi connectivity index (χ2v) is 4.58. The zero-order valence-corrected chi connectivity index (χ0v) is 11.1. The van der Waals surface area contributed by atoms with Gasteiger partial charge in [-0.25, -0.2) is 4.98 Å². The van der Waals surface area contributed by atoms with Gasteiger partial charge in [0.05, 0.1) is 11.1 Å². The van der Waals surface area contributed by atoms with Gasteiger partial charge in [0.2, 0.25) is 0 Å². The van der Waals surface area contributed by atoms with E-state index in [1.54, 1.807) is 0 Å². The number of hydrogen-bond donors (Lipinski definition) is 1. The molecule has 1 N–H and O–H groups in total. The molecule has 3 heteroatoms. The molecule has 0 amide bonds. The molecule has 0 radical (unpaired) electrons. The van der Waals surface area contributed by atoms with Crippen LogP contribution in [0.5, 0.6) is 0 Å². The van der Waals surface area contributed by atoms with E-state index in [4.69, 9.17) is 0 Å². The number of para-hydroxylation sites is 2. The van der Waals surface area contributed by atoms with E-state index in [0.717, 1.165) is 22.2 Å². The molecule has 0 aliphatic heterocycles. The molecule has 0 aliphatic carbocycles. The van der Waals surface area contributed by atoms with Crippen molar-refractivity contribution in [2.75, 3.05) is 5.32 Å². The molecule has 0 bridgehead atoms. The quantitative estimate of drug-likeness (QED) is 0.751. The van der Waals surface area contributed by atoms with Gasteiger partial charge in [0.15, 0.2) is 0 Å². The molecule has 96 valence electrons. The fourth-order valence-electron chi connectivity index (χ4n) is 2.26. The van der Waals surface area contributed by atoms with E-state index in [1.807, 2.05) is 61.5 Å². The van der Waals surface area contributed by atoms with Crippen molar-refractivity contribution < 1.29 is 0 Å². The predicted molar refractivity (Wildman–Crippen MR) is 80.9 cm³/mol. The molecule has 20 heavy (non-hydrogen) atoms. The third-order valence-corrected chi connectivity index (χ3v) is 3.30. The van der Waals surface area contributed by atoms with Gasteiger partial charge in [-0.05, 0) is 30.7 Å². The Bertz CT molecular complexity index is 802. The first-order valence-electron chi connectivity index (χ1n) is 6.41. The molecular weight excluding hydrogens is 246 g/mol. The van der Waals surface area contributed by atoms with Crippen molar-refractivity contribution >= 4 is 22.4 Å². The summed E-state index contributed by atoms with van der Waals surface area (Å²) in [5, 5.41) is 13.6. The lowest BCUT2D eigenvalue weighted by Crippen LogP contribution is -2.00. The van der Waals surface area contributed by atoms with Crippen molar-refractivity contribution in [2.24, 2.45) is 0 Å². The number of nitriles is 1. The minimum Gasteiger partial charge on any atom is -0.339 e. The van der Waals surface area contributed by atoms with Crippen molar-refractivity contribution in [2.45, 2.75) is 6.92 Å². The number of pyridine rings is 1. The van der Waals surface area contributed by atoms with Gasteiger partial charge in [-0.15, -0.1) is 0 Å². The highest BCUT2D eigenvalue weighted by atomic mass is 15.0. The summed E-state index contributed by atoms with van der Waals surface area (Å²) < 4.78 is 0. The second kappa shape index (κ2) is 5.02. The number of aryl methyl sites for hydroxylation is 1. The van der Waals surface area contributed by atoms with Crippen molar-refractivity contribution in [1.82, 2.24) is 4.98 Å². The van der Waals surface area contributed by atoms with Crippen LogP contribution in [0.1, 0.15) is 11.1 Å². The van der Waals surface area contributed by atoms with Crippen molar-refractivity contribution in [3.05, 3.63) is 65.7 Å². The lowest BCUT2D eigenvalue weighted by molar-refractivity contribution is 1.30. The van der Waals surface area contributed by atoms with Gasteiger partial charge in [-0.3, -0.25) is 0 Å². The lowest BCUT2D eigenvalue weighted by atomic mass is 10.0. The smallest absolute Gasteiger partial charge is 0.149 e. The van der Waals surface area contributed by atoms with E-state index in [9.17, 15) is 5.26 Å². The molecule has 0 atom stereocenters. The molecule has 0 spiro atoms. The third kappa shape index (κ3) is 2.08. The number of nitrogens with zero attached hydrogens (tertiary/aromatic N) is 2. The van der Waals surface area contributed by atoms with Crippen LogP contribution in [0.25, 0.3) is 10.9 Å². The number of anilines is 2. The topological polar surface area (TPSA) is 48.7 Å². The molecule has 3 rings (SSSR count). The van der Waals surface area contributed by atoms with Crippen LogP contribution < -0.4 is 5.32 Å². The number of nitrogens with one attached hydrogen (secondary N) is 1. The summed E-state index contributed by atoms with van der Waals surface area (Å²) in [6, 6.07) is 19.9. The molecule has 3 aromatic rings. The first kappa shape index (κ1) is 12.2. The fraction of sp³-hybridized carbons (Fsp3) is 0.0588. The van der Waals surface area contributed by atoms with E-state index >= 15 is 0 Å². The Kier molecular flexibility index (Phi) is 3.06. The van der Waals surface area contributed by atoms with Crippen molar-refractivity contribution in [3.8, 4) is 6.07 Å². The largest absolute Gasteiger partial charge is 0.339 e. The normalized spacial score (nSPS) is 10.2. The maximum absolute atomic E-state index is 9.41. The Morgan fingerprint density at radius 3 is 2.45 bits per heavy atom. The van der Waals surface area contributed by atoms with Crippen LogP contribution in [0.3, 0.4) is 0 Å². The average molecular weight is 259 g/mol. The van der Waals surface area contributed by atoms with Crippen LogP contribution in [-0.4, -0.2) is 4.98 Å². The van der Waals surface area contributed by atoms with Gasteiger partial charge in [-0.2, -0.15) is 5.26 Å². The first-order chi connectivity index (χ1) is 9.79. The Morgan fingerprint density at radius 2 is 1.70 bits per heavy atom. The second-order valence-electron chi connectivity index (χ2n) is 4.58. The summed E-state index contributed by atoms with van der Waals surface area (Å²) in [6.45, 7) is 1.96. The standard InChI is InChI=1S/C17H13N3/c1-12-14-9-5-6-10-16(14)20-17(15(12)11-18)19-13-7-3-2-4-8-13/h2-10H,1H3,(H,19,20). The molecule has 1 aromatic heterocycles. The Balaban J connectivity index is 2.18. The monoisotopic (exact) mass is 259 g/mol. The molecule has 1 heterocycles. The minimum absolute atomic E-state index is 0.590. The van der Waals surface area contributed by atoms with Crippen LogP contribution >= 0.6 is 0 Å². The molecule has 3 nitrogen and oxygen atoms in total. The summed E-state index contributed by atoms with van der Waals surface area (Å²) in [7, 11) is 0. The molecule has 0 saturated heterocycles. The molecule has 0 aliphatic rings. The summed E-state index contributed by atoms with van der Waals surface area (Å²) in [5.41, 5.74) is 3.36. The van der Waals surface area contributed by atoms with Crippen molar-refractivity contribution in [1.29, 1.82) is 5.26 Å². The molecule has 0 saturated carbocycles. The number of benzene rings is 2. The zero-order chi connectivity index (χ0) is 13.9. The molecule has 0 unspecified atom stereocenters. The first-order valence-corrected chi connectivity index (χ1v) is 6.41. The van der Waals surface area contributed by atoms with Crippen molar-refractivity contribution in [3.63, 3.8) is 0 Å². The van der Waals surface area contributed by atoms with E-state index in [1.165, 1.54) is 0 Å². The van der Waals surface area contributed by atoms with Crippen LogP contribution in [0, 0.1) is 18.3 Å². The van der Waals surface area contributed by atoms with Gasteiger partial charge < -0.3 is 5.32 Å². The van der Waals surface area contributed by atoms with Crippen LogP contribution in [-0.2, 0) is 0 Å². The highest BCUT2D eigenvalue weighted by Gasteiger charge is 2.11. The minimum atomic E-state index is 0.590. The average Bonchev–Trinajstić information content (AvgIpc) is 2.49. The zero-order valence-electron chi connectivity index (χ0n) is 11.1. The Labute approximate surface area is 117 Å². The van der Waals surface area contributed by atoms with E-state index in [-0.39, 0.29) is 0 Å². The molecular formula is C17H13N3. The van der Waals surface area contributed by atoms with Gasteiger partial charge in [0.1, 0.15) is 11.9 Å². The Hall–Kier alpha value is -2.86. The van der Waals surface area contributed by atoms with E-state index < -0.39 is 0 Å². The highest BCUT2D eigenvalue weighted by Crippen LogP contribution is 2.27. The number of aromatic nitrogens is 1. The van der Waals surface area contributed by atoms with Gasteiger partial charge in [-0.1, -0.05) is 36.4 Å². The summed E-state index contributed by atoms with van der Waals surface area (Å²) in [4.78, 5) is 4.57. The molecule has 2 aromatic carbocycles. The summed E-state index contributed by atoms with van der Waals surface area (Å²) in [5.74, 6) is 0.606. The van der Waals surface area contributed by atoms with Crippen LogP contribution in [0.2, 0.25) is 0 Å². The van der Waals surface area contributed by atoms with Gasteiger partial charge >= 0.3 is 0 Å². The summed E-state index contributed by atoms with van der Waals surface area (Å²) >= 11 is 0. The predicted octanol–water partition coefficient (Wildman–Crippen LogP) is 4.16. The third-order valence-electron chi connectivity index (χ3n) is 3.30. The van der Waals surface area contributed by atoms with Crippen LogP contribution in [0.4, 0.5) is 11.5 Å². The maximum Gasteiger partial charge on any atom is 0.149 e. The van der Waals surface area contributed by atoms with E-state index in [2.05, 4.69) is 16.4 Å². The number of fused-ring (bicyclic) bond motifs is 1. The van der Waals surface area contributed by atoms with Crippen LogP contribution in [0.15, 0.2) is 54.6 Å². The number of rotatable bonds is 2. The molecule has 0 fully saturated rings. The lowest BCUT2D eigenvalue weighted by Gasteiger charge is -2.11. The van der Waals surface area contributed by atoms with Gasteiger partial charge in [0.25, 0.3) is 0 Å². The number of hydrogen-bond acceptors (Lipinski definition) is 3. The van der Waals surface area contributed by atoms with E-state index in [0.29, 0.717) is 11.4 Å². The summed E-state index contributed by atoms with van der Waals surface area (Å²) in [6.07, 6.45) is 0. The SMILES string of the molecule is Cc1c(C#N)c(Nc2ccccc2)nc2ccccc12. The highest BCUT2D eigenvalue weighted by molar-refractivity contribution is 5.87. The maximum atomic E-state index is 9.41. The fourth-order valence-corrected chi connectivity index (χ4v) is 2.26. The Morgan fingerprint density at radius 1 is 1.00 bits per heavy atom. The van der Waals surface area contributed by atoms with Gasteiger partial charge in [0, 0.05) is 11.1 Å².